The molecule has 6 nitrogen and oxygen atoms in total. The van der Waals surface area contributed by atoms with Gasteiger partial charge in [-0.05, 0) is 7.05 Å². The van der Waals surface area contributed by atoms with Crippen molar-refractivity contribution in [3.8, 4) is 0 Å². The zero-order valence-electron chi connectivity index (χ0n) is 7.45. The maximum absolute atomic E-state index is 10.9. The van der Waals surface area contributed by atoms with Gasteiger partial charge in [0.1, 0.15) is 12.6 Å². The minimum Gasteiger partial charge on any atom is -0.481 e. The van der Waals surface area contributed by atoms with E-state index >= 15 is 0 Å². The summed E-state index contributed by atoms with van der Waals surface area (Å²) < 4.78 is 4.66. The number of carbonyl (C=O) groups is 2. The first-order valence-corrected chi connectivity index (χ1v) is 3.86. The van der Waals surface area contributed by atoms with Crippen LogP contribution in [-0.4, -0.2) is 43.3 Å². The van der Waals surface area contributed by atoms with Gasteiger partial charge in [0.2, 0.25) is 0 Å². The van der Waals surface area contributed by atoms with Gasteiger partial charge in [-0.15, -0.1) is 0 Å². The Morgan fingerprint density at radius 2 is 2.23 bits per heavy atom. The number of aliphatic carboxylic acids is 1. The van der Waals surface area contributed by atoms with E-state index in [-0.39, 0.29) is 6.61 Å². The lowest BCUT2D eigenvalue weighted by Gasteiger charge is -2.08. The minimum absolute atomic E-state index is 0.197. The Bertz CT molecular complexity index is 183. The zero-order valence-corrected chi connectivity index (χ0v) is 7.45. The van der Waals surface area contributed by atoms with E-state index in [1.54, 1.807) is 7.05 Å². The van der Waals surface area contributed by atoms with Crippen LogP contribution in [0.1, 0.15) is 6.42 Å². The summed E-state index contributed by atoms with van der Waals surface area (Å²) in [7, 11) is 1.71. The molecule has 4 N–H and O–H groups in total. The molecule has 0 rings (SSSR count). The Morgan fingerprint density at radius 3 is 2.69 bits per heavy atom. The first-order valence-electron chi connectivity index (χ1n) is 3.86. The van der Waals surface area contributed by atoms with Crippen LogP contribution < -0.4 is 11.1 Å². The molecule has 0 saturated carbocycles. The average Bonchev–Trinajstić information content (AvgIpc) is 2.03. The van der Waals surface area contributed by atoms with Crippen molar-refractivity contribution in [1.29, 1.82) is 0 Å². The molecule has 0 heterocycles. The Balaban J connectivity index is 3.63. The van der Waals surface area contributed by atoms with Crippen LogP contribution in [-0.2, 0) is 14.3 Å². The highest BCUT2D eigenvalue weighted by atomic mass is 16.5. The Morgan fingerprint density at radius 1 is 1.62 bits per heavy atom. The second kappa shape index (κ2) is 6.38. The Hall–Kier alpha value is -1.14. The molecule has 0 saturated heterocycles. The fourth-order valence-corrected chi connectivity index (χ4v) is 0.632. The van der Waals surface area contributed by atoms with Crippen LogP contribution in [0.4, 0.5) is 0 Å². The number of carboxylic acids is 1. The Labute approximate surface area is 76.0 Å². The second-order valence-corrected chi connectivity index (χ2v) is 2.48. The van der Waals surface area contributed by atoms with Crippen molar-refractivity contribution < 1.29 is 19.4 Å². The fourth-order valence-electron chi connectivity index (χ4n) is 0.632. The summed E-state index contributed by atoms with van der Waals surface area (Å²) in [6.07, 6.45) is -0.404. The zero-order chi connectivity index (χ0) is 10.3. The van der Waals surface area contributed by atoms with Crippen LogP contribution in [0.5, 0.6) is 0 Å². The number of hydrogen-bond donors (Lipinski definition) is 3. The number of carbonyl (C=O) groups excluding carboxylic acids is 1. The highest BCUT2D eigenvalue weighted by molar-refractivity contribution is 5.81. The molecule has 0 aromatic carbocycles. The molecule has 0 aliphatic rings. The van der Waals surface area contributed by atoms with Gasteiger partial charge in [0, 0.05) is 6.54 Å². The molecular formula is C7H14N2O4. The lowest BCUT2D eigenvalue weighted by Crippen LogP contribution is -2.35. The first kappa shape index (κ1) is 11.9. The van der Waals surface area contributed by atoms with E-state index in [1.807, 2.05) is 0 Å². The third kappa shape index (κ3) is 6.06. The molecule has 0 fully saturated rings. The molecule has 0 aromatic heterocycles. The van der Waals surface area contributed by atoms with Crippen molar-refractivity contribution in [3.63, 3.8) is 0 Å². The summed E-state index contributed by atoms with van der Waals surface area (Å²) in [4.78, 5) is 21.1. The van der Waals surface area contributed by atoms with Gasteiger partial charge >= 0.3 is 11.9 Å². The number of carboxylic acid groups (broad SMARTS) is 1. The van der Waals surface area contributed by atoms with Crippen LogP contribution in [0.15, 0.2) is 0 Å². The first-order chi connectivity index (χ1) is 6.07. The molecule has 0 aromatic rings. The van der Waals surface area contributed by atoms with Crippen molar-refractivity contribution in [2.24, 2.45) is 5.73 Å². The summed E-state index contributed by atoms with van der Waals surface area (Å²) in [5.41, 5.74) is 5.22. The smallest absolute Gasteiger partial charge is 0.323 e. The number of likely N-dealkylation sites (N-methyl/N-ethyl adjacent to an activating group) is 1. The lowest BCUT2D eigenvalue weighted by atomic mass is 10.2. The number of nitrogens with two attached hydrogens (primary N) is 1. The van der Waals surface area contributed by atoms with E-state index in [0.29, 0.717) is 6.54 Å². The summed E-state index contributed by atoms with van der Waals surface area (Å²) in [6, 6.07) is -1.07. The maximum atomic E-state index is 10.9. The van der Waals surface area contributed by atoms with Gasteiger partial charge in [-0.25, -0.2) is 0 Å². The van der Waals surface area contributed by atoms with E-state index in [0.717, 1.165) is 0 Å². The van der Waals surface area contributed by atoms with Crippen LogP contribution in [0.2, 0.25) is 0 Å². The standard InChI is InChI=1S/C7H14N2O4/c1-9-2-3-13-7(12)5(8)4-6(10)11/h5,9H,2-4,8H2,1H3,(H,10,11)/t5-/m1/s1. The van der Waals surface area contributed by atoms with Crippen molar-refractivity contribution >= 4 is 11.9 Å². The third-order valence-corrected chi connectivity index (χ3v) is 1.29. The quantitative estimate of drug-likeness (QED) is 0.350. The normalized spacial score (nSPS) is 12.2. The van der Waals surface area contributed by atoms with Gasteiger partial charge in [-0.3, -0.25) is 9.59 Å². The van der Waals surface area contributed by atoms with E-state index in [1.165, 1.54) is 0 Å². The Kier molecular flexibility index (Phi) is 5.82. The maximum Gasteiger partial charge on any atom is 0.323 e. The average molecular weight is 190 g/mol. The SMILES string of the molecule is CNCCOC(=O)[C@H](N)CC(=O)O. The van der Waals surface area contributed by atoms with E-state index in [4.69, 9.17) is 10.8 Å². The van der Waals surface area contributed by atoms with Crippen molar-refractivity contribution in [2.45, 2.75) is 12.5 Å². The van der Waals surface area contributed by atoms with E-state index < -0.39 is 24.4 Å². The topological polar surface area (TPSA) is 102 Å². The second-order valence-electron chi connectivity index (χ2n) is 2.48. The molecule has 13 heavy (non-hydrogen) atoms. The molecule has 1 atom stereocenters. The largest absolute Gasteiger partial charge is 0.481 e. The molecule has 0 amide bonds. The molecule has 76 valence electrons. The summed E-state index contributed by atoms with van der Waals surface area (Å²) >= 11 is 0. The molecule has 0 aliphatic heterocycles. The monoisotopic (exact) mass is 190 g/mol. The molecule has 0 aliphatic carbocycles. The number of hydrogen-bond acceptors (Lipinski definition) is 5. The van der Waals surface area contributed by atoms with Crippen molar-refractivity contribution in [2.75, 3.05) is 20.2 Å². The molecular weight excluding hydrogens is 176 g/mol. The number of ether oxygens (including phenoxy) is 1. The van der Waals surface area contributed by atoms with E-state index in [2.05, 4.69) is 10.1 Å². The number of nitrogens with one attached hydrogen (secondary N) is 1. The highest BCUT2D eigenvalue weighted by Gasteiger charge is 2.17. The number of esters is 1. The highest BCUT2D eigenvalue weighted by Crippen LogP contribution is 1.91. The minimum atomic E-state index is -1.11. The predicted molar refractivity (Wildman–Crippen MR) is 45.1 cm³/mol. The fraction of sp³-hybridized carbons (Fsp3) is 0.714. The van der Waals surface area contributed by atoms with Gasteiger partial charge in [0.05, 0.1) is 6.42 Å². The van der Waals surface area contributed by atoms with Gasteiger partial charge < -0.3 is 20.9 Å². The van der Waals surface area contributed by atoms with Gasteiger partial charge in [0.15, 0.2) is 0 Å². The summed E-state index contributed by atoms with van der Waals surface area (Å²) in [5, 5.41) is 11.1. The van der Waals surface area contributed by atoms with Crippen molar-refractivity contribution in [1.82, 2.24) is 5.32 Å². The lowest BCUT2D eigenvalue weighted by molar-refractivity contribution is -0.149. The van der Waals surface area contributed by atoms with Crippen molar-refractivity contribution in [3.05, 3.63) is 0 Å². The van der Waals surface area contributed by atoms with E-state index in [9.17, 15) is 9.59 Å². The van der Waals surface area contributed by atoms with Gasteiger partial charge in [0.25, 0.3) is 0 Å². The van der Waals surface area contributed by atoms with Crippen LogP contribution in [0, 0.1) is 0 Å². The summed E-state index contributed by atoms with van der Waals surface area (Å²) in [6.45, 7) is 0.716. The van der Waals surface area contributed by atoms with Gasteiger partial charge in [-0.2, -0.15) is 0 Å². The molecule has 0 radical (unpaired) electrons. The van der Waals surface area contributed by atoms with Crippen LogP contribution in [0.25, 0.3) is 0 Å². The molecule has 6 heteroatoms. The number of rotatable bonds is 6. The molecule has 0 bridgehead atoms. The summed E-state index contributed by atoms with van der Waals surface area (Å²) in [5.74, 6) is -1.80. The van der Waals surface area contributed by atoms with Crippen LogP contribution in [0.3, 0.4) is 0 Å². The van der Waals surface area contributed by atoms with Crippen LogP contribution >= 0.6 is 0 Å². The molecule has 0 spiro atoms. The molecule has 0 unspecified atom stereocenters. The van der Waals surface area contributed by atoms with Gasteiger partial charge in [-0.1, -0.05) is 0 Å². The third-order valence-electron chi connectivity index (χ3n) is 1.29. The predicted octanol–water partition coefficient (Wildman–Crippen LogP) is -1.45.